The van der Waals surface area contributed by atoms with Crippen LogP contribution in [0.25, 0.3) is 0 Å². The Morgan fingerprint density at radius 1 is 1.19 bits per heavy atom. The van der Waals surface area contributed by atoms with Gasteiger partial charge in [0.15, 0.2) is 0 Å². The lowest BCUT2D eigenvalue weighted by Gasteiger charge is -2.31. The van der Waals surface area contributed by atoms with Gasteiger partial charge in [-0.1, -0.05) is 23.7 Å². The Balaban J connectivity index is 2.03. The number of nitrogens with zero attached hydrogens (tertiary/aromatic N) is 1. The summed E-state index contributed by atoms with van der Waals surface area (Å²) in [5, 5.41) is 0.516. The largest absolute Gasteiger partial charge is 0.466 e. The Labute approximate surface area is 163 Å². The Hall–Kier alpha value is -2.31. The van der Waals surface area contributed by atoms with Crippen LogP contribution >= 0.6 is 11.6 Å². The van der Waals surface area contributed by atoms with Gasteiger partial charge in [0.25, 0.3) is 0 Å². The molecule has 3 rings (SSSR count). The van der Waals surface area contributed by atoms with Crippen molar-refractivity contribution in [2.75, 3.05) is 27.4 Å². The number of carbonyl (C=O) groups excluding carboxylic acids is 2. The molecular weight excluding hydrogens is 370 g/mol. The van der Waals surface area contributed by atoms with Gasteiger partial charge >= 0.3 is 11.9 Å². The predicted octanol–water partition coefficient (Wildman–Crippen LogP) is 3.03. The Morgan fingerprint density at radius 2 is 1.85 bits per heavy atom. The zero-order chi connectivity index (χ0) is 19.4. The third kappa shape index (κ3) is 4.34. The Morgan fingerprint density at radius 3 is 2.37 bits per heavy atom. The number of hydrogen-bond acceptors (Lipinski definition) is 6. The molecule has 2 aliphatic rings. The van der Waals surface area contributed by atoms with E-state index in [2.05, 4.69) is 0 Å². The van der Waals surface area contributed by atoms with Gasteiger partial charge in [0.1, 0.15) is 0 Å². The lowest BCUT2D eigenvalue weighted by Crippen LogP contribution is -2.32. The van der Waals surface area contributed by atoms with Crippen LogP contribution < -0.4 is 0 Å². The first-order valence-corrected chi connectivity index (χ1v) is 9.14. The monoisotopic (exact) mass is 391 g/mol. The number of esters is 2. The quantitative estimate of drug-likeness (QED) is 0.719. The molecule has 1 saturated heterocycles. The molecule has 0 spiro atoms. The minimum absolute atomic E-state index is 0.0537. The second-order valence-electron chi connectivity index (χ2n) is 6.47. The second kappa shape index (κ2) is 8.59. The van der Waals surface area contributed by atoms with Crippen molar-refractivity contribution >= 4 is 23.5 Å². The Bertz CT molecular complexity index is 748. The van der Waals surface area contributed by atoms with Crippen molar-refractivity contribution in [3.63, 3.8) is 0 Å². The van der Waals surface area contributed by atoms with Crippen LogP contribution in [-0.4, -0.2) is 50.3 Å². The van der Waals surface area contributed by atoms with Crippen LogP contribution in [0, 0.1) is 0 Å². The fourth-order valence-electron chi connectivity index (χ4n) is 3.46. The van der Waals surface area contributed by atoms with Crippen LogP contribution in [0.4, 0.5) is 0 Å². The predicted molar refractivity (Wildman–Crippen MR) is 100 cm³/mol. The highest BCUT2D eigenvalue weighted by Crippen LogP contribution is 2.38. The van der Waals surface area contributed by atoms with Gasteiger partial charge in [-0.05, 0) is 30.5 Å². The van der Waals surface area contributed by atoms with Gasteiger partial charge in [-0.15, -0.1) is 0 Å². The second-order valence-corrected chi connectivity index (χ2v) is 6.91. The van der Waals surface area contributed by atoms with Crippen LogP contribution in [0.1, 0.15) is 24.3 Å². The lowest BCUT2D eigenvalue weighted by molar-refractivity contribution is -0.137. The molecular formula is C20H22ClNO5. The van der Waals surface area contributed by atoms with Crippen molar-refractivity contribution < 1.29 is 23.8 Å². The van der Waals surface area contributed by atoms with E-state index in [1.54, 1.807) is 35.5 Å². The fraction of sp³-hybridized carbons (Fsp3) is 0.400. The normalized spacial score (nSPS) is 20.1. The number of methoxy groups -OCH3 is 2. The zero-order valence-corrected chi connectivity index (χ0v) is 16.1. The molecule has 1 aromatic rings. The van der Waals surface area contributed by atoms with Crippen LogP contribution in [0.5, 0.6) is 0 Å². The van der Waals surface area contributed by atoms with Gasteiger partial charge in [-0.3, -0.25) is 0 Å². The molecule has 6 nitrogen and oxygen atoms in total. The summed E-state index contributed by atoms with van der Waals surface area (Å²) in [6.07, 6.45) is 5.43. The summed E-state index contributed by atoms with van der Waals surface area (Å²) in [6, 6.07) is 7.07. The van der Waals surface area contributed by atoms with Crippen molar-refractivity contribution in [1.29, 1.82) is 0 Å². The molecule has 0 N–H and O–H groups in total. The van der Waals surface area contributed by atoms with Crippen molar-refractivity contribution in [1.82, 2.24) is 4.90 Å². The van der Waals surface area contributed by atoms with Gasteiger partial charge in [-0.25, -0.2) is 9.59 Å². The van der Waals surface area contributed by atoms with Gasteiger partial charge in [0.2, 0.25) is 0 Å². The minimum Gasteiger partial charge on any atom is -0.466 e. The maximum Gasteiger partial charge on any atom is 0.336 e. The summed E-state index contributed by atoms with van der Waals surface area (Å²) >= 11 is 6.13. The van der Waals surface area contributed by atoms with Crippen LogP contribution in [0.2, 0.25) is 5.02 Å². The lowest BCUT2D eigenvalue weighted by atomic mass is 9.83. The van der Waals surface area contributed by atoms with E-state index in [1.807, 2.05) is 6.07 Å². The molecule has 2 aliphatic heterocycles. The minimum atomic E-state index is -0.621. The highest BCUT2D eigenvalue weighted by Gasteiger charge is 2.35. The van der Waals surface area contributed by atoms with Crippen LogP contribution in [0.3, 0.4) is 0 Å². The number of rotatable bonds is 5. The van der Waals surface area contributed by atoms with E-state index in [9.17, 15) is 9.59 Å². The highest BCUT2D eigenvalue weighted by molar-refractivity contribution is 6.30. The van der Waals surface area contributed by atoms with E-state index in [0.717, 1.165) is 19.4 Å². The van der Waals surface area contributed by atoms with Crippen LogP contribution in [0.15, 0.2) is 47.8 Å². The van der Waals surface area contributed by atoms with E-state index in [0.29, 0.717) is 28.3 Å². The van der Waals surface area contributed by atoms with E-state index < -0.39 is 17.9 Å². The molecule has 0 bridgehead atoms. The SMILES string of the molecule is COC(=O)C1=CN(CC2CCCO2)C=C(C(=O)OC)C1c1cccc(Cl)c1. The molecule has 1 aromatic carbocycles. The van der Waals surface area contributed by atoms with Crippen LogP contribution in [-0.2, 0) is 23.8 Å². The molecule has 1 fully saturated rings. The summed E-state index contributed by atoms with van der Waals surface area (Å²) in [7, 11) is 2.64. The van der Waals surface area contributed by atoms with Gasteiger partial charge < -0.3 is 19.1 Å². The highest BCUT2D eigenvalue weighted by atomic mass is 35.5. The number of ether oxygens (including phenoxy) is 3. The topological polar surface area (TPSA) is 65.1 Å². The Kier molecular flexibility index (Phi) is 6.19. The maximum atomic E-state index is 12.5. The smallest absolute Gasteiger partial charge is 0.336 e. The number of benzene rings is 1. The van der Waals surface area contributed by atoms with E-state index in [-0.39, 0.29) is 6.10 Å². The molecule has 0 radical (unpaired) electrons. The van der Waals surface area contributed by atoms with Crippen molar-refractivity contribution in [3.05, 3.63) is 58.4 Å². The van der Waals surface area contributed by atoms with Gasteiger partial charge in [0.05, 0.1) is 37.4 Å². The molecule has 27 heavy (non-hydrogen) atoms. The molecule has 1 atom stereocenters. The maximum absolute atomic E-state index is 12.5. The molecule has 7 heteroatoms. The zero-order valence-electron chi connectivity index (χ0n) is 15.3. The average Bonchev–Trinajstić information content (AvgIpc) is 3.19. The third-order valence-corrected chi connectivity index (χ3v) is 4.93. The molecule has 0 saturated carbocycles. The summed E-state index contributed by atoms with van der Waals surface area (Å²) < 4.78 is 15.6. The summed E-state index contributed by atoms with van der Waals surface area (Å²) in [5.74, 6) is -1.64. The standard InChI is InChI=1S/C20H22ClNO5/c1-25-19(23)16-11-22(10-15-7-4-8-27-15)12-17(20(24)26-2)18(16)13-5-3-6-14(21)9-13/h3,5-6,9,11-12,15,18H,4,7-8,10H2,1-2H3. The van der Waals surface area contributed by atoms with Crippen molar-refractivity contribution in [3.8, 4) is 0 Å². The summed E-state index contributed by atoms with van der Waals surface area (Å²) in [5.41, 5.74) is 1.41. The first-order chi connectivity index (χ1) is 13.0. The van der Waals surface area contributed by atoms with Gasteiger partial charge in [-0.2, -0.15) is 0 Å². The van der Waals surface area contributed by atoms with Crippen molar-refractivity contribution in [2.24, 2.45) is 0 Å². The van der Waals surface area contributed by atoms with E-state index in [4.69, 9.17) is 25.8 Å². The van der Waals surface area contributed by atoms with Crippen molar-refractivity contribution in [2.45, 2.75) is 24.9 Å². The summed E-state index contributed by atoms with van der Waals surface area (Å²) in [4.78, 5) is 26.8. The van der Waals surface area contributed by atoms with E-state index in [1.165, 1.54) is 14.2 Å². The first-order valence-electron chi connectivity index (χ1n) is 8.76. The number of halogens is 1. The molecule has 0 amide bonds. The fourth-order valence-corrected chi connectivity index (χ4v) is 3.66. The molecule has 2 heterocycles. The molecule has 144 valence electrons. The number of carbonyl (C=O) groups is 2. The van der Waals surface area contributed by atoms with Gasteiger partial charge in [0, 0.05) is 30.6 Å². The average molecular weight is 392 g/mol. The molecule has 0 aromatic heterocycles. The molecule has 1 unspecified atom stereocenters. The summed E-state index contributed by atoms with van der Waals surface area (Å²) in [6.45, 7) is 1.27. The first kappa shape index (κ1) is 19.5. The third-order valence-electron chi connectivity index (χ3n) is 4.69. The van der Waals surface area contributed by atoms with E-state index >= 15 is 0 Å². The molecule has 0 aliphatic carbocycles. The number of hydrogen-bond donors (Lipinski definition) is 0.